The van der Waals surface area contributed by atoms with Gasteiger partial charge in [0.2, 0.25) is 5.95 Å². The highest BCUT2D eigenvalue weighted by Gasteiger charge is 2.37. The quantitative estimate of drug-likeness (QED) is 0.336. The van der Waals surface area contributed by atoms with Crippen molar-refractivity contribution in [1.29, 1.82) is 0 Å². The molecule has 0 unspecified atom stereocenters. The van der Waals surface area contributed by atoms with Gasteiger partial charge in [0.15, 0.2) is 11.3 Å². The van der Waals surface area contributed by atoms with Crippen LogP contribution in [-0.2, 0) is 9.47 Å². The summed E-state index contributed by atoms with van der Waals surface area (Å²) in [6.07, 6.45) is 0. The molecule has 0 spiro atoms. The van der Waals surface area contributed by atoms with Gasteiger partial charge >= 0.3 is 17.6 Å². The number of halogens is 1. The number of carbonyl (C=O) groups excluding carboxylic acids is 2. The van der Waals surface area contributed by atoms with Gasteiger partial charge in [-0.25, -0.2) is 14.6 Å². The third-order valence-corrected chi connectivity index (χ3v) is 3.32. The maximum atomic E-state index is 14.6. The van der Waals surface area contributed by atoms with Crippen LogP contribution in [-0.4, -0.2) is 35.1 Å². The van der Waals surface area contributed by atoms with Crippen LogP contribution in [0.5, 0.6) is 0 Å². The second-order valence-electron chi connectivity index (χ2n) is 4.91. The van der Waals surface area contributed by atoms with Crippen molar-refractivity contribution in [2.75, 3.05) is 13.2 Å². The molecule has 26 heavy (non-hydrogen) atoms. The largest absolute Gasteiger partial charge is 0.462 e. The van der Waals surface area contributed by atoms with Crippen molar-refractivity contribution in [2.24, 2.45) is 0 Å². The Morgan fingerprint density at radius 2 is 1.62 bits per heavy atom. The molecular formula is C17H15FN2O6. The van der Waals surface area contributed by atoms with E-state index in [4.69, 9.17) is 9.47 Å². The number of benzene rings is 1. The molecule has 2 rings (SSSR count). The van der Waals surface area contributed by atoms with Gasteiger partial charge in [0, 0.05) is 5.56 Å². The van der Waals surface area contributed by atoms with Gasteiger partial charge in [-0.1, -0.05) is 30.3 Å². The van der Waals surface area contributed by atoms with Gasteiger partial charge in [-0.15, -0.1) is 0 Å². The summed E-state index contributed by atoms with van der Waals surface area (Å²) in [6.45, 7) is 2.71. The van der Waals surface area contributed by atoms with Gasteiger partial charge in [-0.3, -0.25) is 10.1 Å². The summed E-state index contributed by atoms with van der Waals surface area (Å²) in [5.41, 5.74) is -2.74. The van der Waals surface area contributed by atoms with Crippen LogP contribution in [0.1, 0.15) is 34.6 Å². The highest BCUT2D eigenvalue weighted by molar-refractivity contribution is 6.07. The molecule has 0 fully saturated rings. The molecule has 0 amide bonds. The van der Waals surface area contributed by atoms with Gasteiger partial charge in [0.1, 0.15) is 5.56 Å². The Morgan fingerprint density at radius 3 is 2.12 bits per heavy atom. The number of pyridine rings is 1. The van der Waals surface area contributed by atoms with Crippen molar-refractivity contribution in [2.45, 2.75) is 13.8 Å². The van der Waals surface area contributed by atoms with Crippen LogP contribution < -0.4 is 0 Å². The summed E-state index contributed by atoms with van der Waals surface area (Å²) in [7, 11) is 0. The molecule has 0 radical (unpaired) electrons. The maximum absolute atomic E-state index is 14.6. The number of hydrogen-bond donors (Lipinski definition) is 0. The smallest absolute Gasteiger partial charge is 0.346 e. The van der Waals surface area contributed by atoms with Gasteiger partial charge in [0.25, 0.3) is 0 Å². The Labute approximate surface area is 147 Å². The van der Waals surface area contributed by atoms with E-state index < -0.39 is 39.6 Å². The molecule has 1 heterocycles. The average Bonchev–Trinajstić information content (AvgIpc) is 2.61. The molecule has 0 aliphatic heterocycles. The Kier molecular flexibility index (Phi) is 5.94. The Balaban J connectivity index is 2.88. The van der Waals surface area contributed by atoms with Crippen LogP contribution in [0.3, 0.4) is 0 Å². The lowest BCUT2D eigenvalue weighted by Crippen LogP contribution is -2.20. The van der Waals surface area contributed by atoms with Gasteiger partial charge in [0.05, 0.1) is 18.1 Å². The third kappa shape index (κ3) is 3.66. The number of rotatable bonds is 6. The molecular weight excluding hydrogens is 347 g/mol. The fraction of sp³-hybridized carbons (Fsp3) is 0.235. The Morgan fingerprint density at radius 1 is 1.08 bits per heavy atom. The summed E-state index contributed by atoms with van der Waals surface area (Å²) in [4.78, 5) is 38.7. The topological polar surface area (TPSA) is 109 Å². The molecule has 0 saturated carbocycles. The molecule has 136 valence electrons. The standard InChI is InChI=1S/C17H15FN2O6/c1-3-25-16(21)11-12(17(22)26-4-2)15(18)19-13(14(11)20(23)24)10-8-6-5-7-9-10/h5-9H,3-4H2,1-2H3. The fourth-order valence-electron chi connectivity index (χ4n) is 2.31. The number of esters is 2. The van der Waals surface area contributed by atoms with Gasteiger partial charge in [-0.05, 0) is 13.8 Å². The second-order valence-corrected chi connectivity index (χ2v) is 4.91. The van der Waals surface area contributed by atoms with E-state index in [2.05, 4.69) is 4.98 Å². The second kappa shape index (κ2) is 8.15. The SMILES string of the molecule is CCOC(=O)c1c(F)nc(-c2ccccc2)c([N+](=O)[O-])c1C(=O)OCC. The zero-order chi connectivity index (χ0) is 19.3. The van der Waals surface area contributed by atoms with E-state index >= 15 is 0 Å². The van der Waals surface area contributed by atoms with Crippen molar-refractivity contribution in [3.05, 3.63) is 57.5 Å². The zero-order valence-electron chi connectivity index (χ0n) is 14.0. The lowest BCUT2D eigenvalue weighted by atomic mass is 10.0. The molecule has 8 nitrogen and oxygen atoms in total. The number of nitrogens with zero attached hydrogens (tertiary/aromatic N) is 2. The van der Waals surface area contributed by atoms with Crippen LogP contribution in [0, 0.1) is 16.1 Å². The van der Waals surface area contributed by atoms with E-state index in [0.717, 1.165) is 0 Å². The summed E-state index contributed by atoms with van der Waals surface area (Å²) in [6, 6.07) is 7.73. The lowest BCUT2D eigenvalue weighted by Gasteiger charge is -2.12. The van der Waals surface area contributed by atoms with E-state index in [1.54, 1.807) is 18.2 Å². The Hall–Kier alpha value is -3.36. The number of nitro groups is 1. The molecule has 0 aliphatic carbocycles. The van der Waals surface area contributed by atoms with Crippen LogP contribution in [0.2, 0.25) is 0 Å². The molecule has 0 bridgehead atoms. The van der Waals surface area contributed by atoms with Crippen LogP contribution >= 0.6 is 0 Å². The van der Waals surface area contributed by atoms with E-state index in [9.17, 15) is 24.1 Å². The summed E-state index contributed by atoms with van der Waals surface area (Å²) in [5, 5.41) is 11.7. The fourth-order valence-corrected chi connectivity index (χ4v) is 2.31. The Bertz CT molecular complexity index is 854. The minimum Gasteiger partial charge on any atom is -0.462 e. The van der Waals surface area contributed by atoms with Gasteiger partial charge in [-0.2, -0.15) is 4.39 Å². The number of hydrogen-bond acceptors (Lipinski definition) is 7. The molecule has 9 heteroatoms. The maximum Gasteiger partial charge on any atom is 0.346 e. The van der Waals surface area contributed by atoms with Gasteiger partial charge < -0.3 is 9.47 Å². The molecule has 0 atom stereocenters. The molecule has 0 saturated heterocycles. The van der Waals surface area contributed by atoms with E-state index in [1.165, 1.54) is 26.0 Å². The summed E-state index contributed by atoms with van der Waals surface area (Å²) < 4.78 is 24.1. The number of aromatic nitrogens is 1. The average molecular weight is 362 g/mol. The van der Waals surface area contributed by atoms with Crippen LogP contribution in [0.4, 0.5) is 10.1 Å². The zero-order valence-corrected chi connectivity index (χ0v) is 14.0. The van der Waals surface area contributed by atoms with Crippen molar-refractivity contribution in [3.63, 3.8) is 0 Å². The van der Waals surface area contributed by atoms with Crippen LogP contribution in [0.25, 0.3) is 11.3 Å². The lowest BCUT2D eigenvalue weighted by molar-refractivity contribution is -0.384. The normalized spacial score (nSPS) is 10.3. The first-order valence-corrected chi connectivity index (χ1v) is 7.69. The van der Waals surface area contributed by atoms with E-state index in [0.29, 0.717) is 0 Å². The summed E-state index contributed by atoms with van der Waals surface area (Å²) >= 11 is 0. The predicted molar refractivity (Wildman–Crippen MR) is 88.2 cm³/mol. The first-order valence-electron chi connectivity index (χ1n) is 7.69. The van der Waals surface area contributed by atoms with E-state index in [-0.39, 0.29) is 24.5 Å². The molecule has 1 aromatic heterocycles. The van der Waals surface area contributed by atoms with E-state index in [1.807, 2.05) is 0 Å². The van der Waals surface area contributed by atoms with Crippen molar-refractivity contribution in [1.82, 2.24) is 4.98 Å². The third-order valence-electron chi connectivity index (χ3n) is 3.32. The highest BCUT2D eigenvalue weighted by atomic mass is 19.1. The van der Waals surface area contributed by atoms with Crippen molar-refractivity contribution >= 4 is 17.6 Å². The van der Waals surface area contributed by atoms with Crippen molar-refractivity contribution in [3.8, 4) is 11.3 Å². The number of ether oxygens (including phenoxy) is 2. The first kappa shape index (κ1) is 19.0. The predicted octanol–water partition coefficient (Wildman–Crippen LogP) is 3.15. The van der Waals surface area contributed by atoms with Crippen LogP contribution in [0.15, 0.2) is 30.3 Å². The molecule has 2 aromatic rings. The first-order chi connectivity index (χ1) is 12.4. The minimum absolute atomic E-state index is 0.116. The molecule has 0 N–H and O–H groups in total. The minimum atomic E-state index is -1.35. The molecule has 0 aliphatic rings. The monoisotopic (exact) mass is 362 g/mol. The highest BCUT2D eigenvalue weighted by Crippen LogP contribution is 2.35. The van der Waals surface area contributed by atoms with Crippen molar-refractivity contribution < 1.29 is 28.4 Å². The number of carbonyl (C=O) groups is 2. The summed E-state index contributed by atoms with van der Waals surface area (Å²) in [5.74, 6) is -3.79. The molecule has 1 aromatic carbocycles.